The van der Waals surface area contributed by atoms with Gasteiger partial charge in [0.25, 0.3) is 0 Å². The largest absolute Gasteiger partial charge is 0.481 e. The molecule has 0 saturated carbocycles. The molecule has 1 unspecified atom stereocenters. The third-order valence-electron chi connectivity index (χ3n) is 4.29. The van der Waals surface area contributed by atoms with Gasteiger partial charge in [-0.15, -0.1) is 11.3 Å². The predicted molar refractivity (Wildman–Crippen MR) is 97.2 cm³/mol. The van der Waals surface area contributed by atoms with Crippen LogP contribution >= 0.6 is 38.9 Å². The molecule has 0 aliphatic carbocycles. The quantitative estimate of drug-likeness (QED) is 0.761. The highest BCUT2D eigenvalue weighted by Gasteiger charge is 2.30. The average molecular weight is 415 g/mol. The molecule has 1 fully saturated rings. The van der Waals surface area contributed by atoms with Gasteiger partial charge in [0.15, 0.2) is 0 Å². The summed E-state index contributed by atoms with van der Waals surface area (Å²) in [6.45, 7) is 1.57. The number of thiophene rings is 1. The third-order valence-corrected chi connectivity index (χ3v) is 6.11. The number of aliphatic carboxylic acids is 1. The van der Waals surface area contributed by atoms with Crippen LogP contribution in [0.15, 0.2) is 40.9 Å². The van der Waals surface area contributed by atoms with E-state index in [2.05, 4.69) is 39.0 Å². The molecule has 2 aromatic rings. The van der Waals surface area contributed by atoms with E-state index in [-0.39, 0.29) is 12.0 Å². The SMILES string of the molecule is O=C(O)C1CCN(C(c2ccc(Br)cc2)c2ccc(Cl)s2)CC1. The van der Waals surface area contributed by atoms with Crippen molar-refractivity contribution in [3.05, 3.63) is 55.6 Å². The summed E-state index contributed by atoms with van der Waals surface area (Å²) in [6, 6.07) is 12.5. The summed E-state index contributed by atoms with van der Waals surface area (Å²) < 4.78 is 1.83. The minimum absolute atomic E-state index is 0.135. The van der Waals surface area contributed by atoms with Crippen molar-refractivity contribution in [2.75, 3.05) is 13.1 Å². The van der Waals surface area contributed by atoms with Crippen molar-refractivity contribution >= 4 is 44.8 Å². The number of carbonyl (C=O) groups is 1. The van der Waals surface area contributed by atoms with Crippen molar-refractivity contribution in [2.24, 2.45) is 5.92 Å². The van der Waals surface area contributed by atoms with Crippen LogP contribution in [0.2, 0.25) is 4.34 Å². The second kappa shape index (κ2) is 7.34. The van der Waals surface area contributed by atoms with Crippen molar-refractivity contribution in [2.45, 2.75) is 18.9 Å². The molecule has 122 valence electrons. The van der Waals surface area contributed by atoms with E-state index >= 15 is 0 Å². The molecule has 1 saturated heterocycles. The Kier molecular flexibility index (Phi) is 5.42. The predicted octanol–water partition coefficient (Wildman–Crippen LogP) is 5.05. The monoisotopic (exact) mass is 413 g/mol. The Hall–Kier alpha value is -0.880. The highest BCUT2D eigenvalue weighted by Crippen LogP contribution is 2.37. The van der Waals surface area contributed by atoms with E-state index in [9.17, 15) is 9.90 Å². The van der Waals surface area contributed by atoms with E-state index in [1.165, 1.54) is 10.4 Å². The topological polar surface area (TPSA) is 40.5 Å². The zero-order valence-electron chi connectivity index (χ0n) is 12.4. The lowest BCUT2D eigenvalue weighted by Gasteiger charge is -2.36. The van der Waals surface area contributed by atoms with Crippen LogP contribution in [0.3, 0.4) is 0 Å². The summed E-state index contributed by atoms with van der Waals surface area (Å²) in [5.41, 5.74) is 1.21. The van der Waals surface area contributed by atoms with Crippen LogP contribution in [0.5, 0.6) is 0 Å². The lowest BCUT2D eigenvalue weighted by Crippen LogP contribution is -2.39. The number of carboxylic acid groups (broad SMARTS) is 1. The molecule has 3 nitrogen and oxygen atoms in total. The first kappa shape index (κ1) is 17.0. The maximum Gasteiger partial charge on any atom is 0.306 e. The van der Waals surface area contributed by atoms with Crippen molar-refractivity contribution in [3.8, 4) is 0 Å². The first-order valence-corrected chi connectivity index (χ1v) is 9.51. The van der Waals surface area contributed by atoms with Crippen LogP contribution < -0.4 is 0 Å². The van der Waals surface area contributed by atoms with Crippen LogP contribution in [0.1, 0.15) is 29.3 Å². The fourth-order valence-electron chi connectivity index (χ4n) is 3.08. The zero-order chi connectivity index (χ0) is 16.4. The Bertz CT molecular complexity index is 680. The Morgan fingerprint density at radius 3 is 2.39 bits per heavy atom. The minimum Gasteiger partial charge on any atom is -0.481 e. The maximum absolute atomic E-state index is 11.2. The van der Waals surface area contributed by atoms with Crippen LogP contribution in [0, 0.1) is 5.92 Å². The molecular weight excluding hydrogens is 398 g/mol. The highest BCUT2D eigenvalue weighted by molar-refractivity contribution is 9.10. The van der Waals surface area contributed by atoms with E-state index in [0.29, 0.717) is 12.8 Å². The number of piperidine rings is 1. The van der Waals surface area contributed by atoms with Crippen molar-refractivity contribution in [3.63, 3.8) is 0 Å². The molecule has 2 heterocycles. The van der Waals surface area contributed by atoms with Crippen LogP contribution in [0.25, 0.3) is 0 Å². The van der Waals surface area contributed by atoms with E-state index in [4.69, 9.17) is 11.6 Å². The summed E-state index contributed by atoms with van der Waals surface area (Å²) >= 11 is 11.2. The van der Waals surface area contributed by atoms with Gasteiger partial charge in [0, 0.05) is 9.35 Å². The summed E-state index contributed by atoms with van der Waals surface area (Å²) in [5.74, 6) is -0.896. The van der Waals surface area contributed by atoms with Gasteiger partial charge in [0.2, 0.25) is 0 Å². The molecular formula is C17H17BrClNO2S. The Labute approximate surface area is 153 Å². The Balaban J connectivity index is 1.87. The van der Waals surface area contributed by atoms with Crippen molar-refractivity contribution in [1.29, 1.82) is 0 Å². The second-order valence-electron chi connectivity index (χ2n) is 5.74. The van der Waals surface area contributed by atoms with Crippen LogP contribution in [-0.2, 0) is 4.79 Å². The number of benzene rings is 1. The number of nitrogens with zero attached hydrogens (tertiary/aromatic N) is 1. The molecule has 1 aliphatic heterocycles. The molecule has 1 aromatic heterocycles. The van der Waals surface area contributed by atoms with Gasteiger partial charge in [-0.05, 0) is 55.8 Å². The van der Waals surface area contributed by atoms with Gasteiger partial charge in [-0.25, -0.2) is 0 Å². The number of hydrogen-bond acceptors (Lipinski definition) is 3. The van der Waals surface area contributed by atoms with Crippen LogP contribution in [-0.4, -0.2) is 29.1 Å². The number of hydrogen-bond donors (Lipinski definition) is 1. The minimum atomic E-state index is -0.677. The highest BCUT2D eigenvalue weighted by atomic mass is 79.9. The smallest absolute Gasteiger partial charge is 0.306 e. The van der Waals surface area contributed by atoms with Crippen LogP contribution in [0.4, 0.5) is 0 Å². The van der Waals surface area contributed by atoms with Gasteiger partial charge in [0.05, 0.1) is 16.3 Å². The number of rotatable bonds is 4. The molecule has 1 atom stereocenters. The summed E-state index contributed by atoms with van der Waals surface area (Å²) in [5, 5.41) is 9.19. The van der Waals surface area contributed by atoms with Crippen molar-refractivity contribution in [1.82, 2.24) is 4.90 Å². The second-order valence-corrected chi connectivity index (χ2v) is 8.41. The molecule has 3 rings (SSSR count). The number of likely N-dealkylation sites (tertiary alicyclic amines) is 1. The molecule has 23 heavy (non-hydrogen) atoms. The fourth-order valence-corrected chi connectivity index (χ4v) is 4.57. The third kappa shape index (κ3) is 3.97. The zero-order valence-corrected chi connectivity index (χ0v) is 15.6. The molecule has 1 aromatic carbocycles. The first-order valence-electron chi connectivity index (χ1n) is 7.52. The molecule has 0 spiro atoms. The van der Waals surface area contributed by atoms with E-state index in [0.717, 1.165) is 21.9 Å². The normalized spacial score (nSPS) is 18.0. The van der Waals surface area contributed by atoms with Gasteiger partial charge < -0.3 is 5.11 Å². The average Bonchev–Trinajstić information content (AvgIpc) is 2.96. The lowest BCUT2D eigenvalue weighted by molar-refractivity contribution is -0.143. The number of carboxylic acids is 1. The van der Waals surface area contributed by atoms with E-state index < -0.39 is 5.97 Å². The first-order chi connectivity index (χ1) is 11.0. The summed E-state index contributed by atoms with van der Waals surface area (Å²) in [4.78, 5) is 14.7. The maximum atomic E-state index is 11.2. The Morgan fingerprint density at radius 1 is 1.22 bits per heavy atom. The van der Waals surface area contributed by atoms with Gasteiger partial charge in [-0.3, -0.25) is 9.69 Å². The fraction of sp³-hybridized carbons (Fsp3) is 0.353. The van der Waals surface area contributed by atoms with Crippen molar-refractivity contribution < 1.29 is 9.90 Å². The molecule has 1 N–H and O–H groups in total. The molecule has 1 aliphatic rings. The Morgan fingerprint density at radius 2 is 1.87 bits per heavy atom. The van der Waals surface area contributed by atoms with E-state index in [1.54, 1.807) is 11.3 Å². The standard InChI is InChI=1S/C17H17BrClNO2S/c18-13-3-1-11(2-4-13)16(14-5-6-15(19)23-14)20-9-7-12(8-10-20)17(21)22/h1-6,12,16H,7-10H2,(H,21,22). The van der Waals surface area contributed by atoms with E-state index in [1.807, 2.05) is 18.2 Å². The molecule has 0 bridgehead atoms. The molecule has 0 radical (unpaired) electrons. The van der Waals surface area contributed by atoms with Gasteiger partial charge in [0.1, 0.15) is 0 Å². The number of halogens is 2. The molecule has 6 heteroatoms. The lowest BCUT2D eigenvalue weighted by atomic mass is 9.94. The van der Waals surface area contributed by atoms with Gasteiger partial charge >= 0.3 is 5.97 Å². The van der Waals surface area contributed by atoms with Gasteiger partial charge in [-0.1, -0.05) is 39.7 Å². The molecule has 0 amide bonds. The van der Waals surface area contributed by atoms with Gasteiger partial charge in [-0.2, -0.15) is 0 Å². The summed E-state index contributed by atoms with van der Waals surface area (Å²) in [6.07, 6.45) is 1.39. The summed E-state index contributed by atoms with van der Waals surface area (Å²) in [7, 11) is 0.